The highest BCUT2D eigenvalue weighted by atomic mass is 16.5. The van der Waals surface area contributed by atoms with Crippen LogP contribution in [0.4, 0.5) is 5.82 Å². The second-order valence-electron chi connectivity index (χ2n) is 7.68. The van der Waals surface area contributed by atoms with Gasteiger partial charge in [-0.25, -0.2) is 4.98 Å². The van der Waals surface area contributed by atoms with E-state index in [9.17, 15) is 14.4 Å². The molecule has 1 aromatic carbocycles. The van der Waals surface area contributed by atoms with Crippen molar-refractivity contribution in [2.45, 2.75) is 26.2 Å². The van der Waals surface area contributed by atoms with Crippen LogP contribution in [0.2, 0.25) is 0 Å². The van der Waals surface area contributed by atoms with Crippen LogP contribution in [0, 0.1) is 5.41 Å². The zero-order valence-electron chi connectivity index (χ0n) is 19.2. The number of nitrogens with zero attached hydrogens (tertiary/aromatic N) is 3. The highest BCUT2D eigenvalue weighted by molar-refractivity contribution is 6.40. The second-order valence-corrected chi connectivity index (χ2v) is 7.68. The number of hydrogen-bond acceptors (Lipinski definition) is 7. The van der Waals surface area contributed by atoms with E-state index in [-0.39, 0.29) is 18.2 Å². The first-order valence-corrected chi connectivity index (χ1v) is 11.2. The van der Waals surface area contributed by atoms with E-state index in [0.29, 0.717) is 68.4 Å². The number of aryl methyl sites for hydroxylation is 1. The number of amides is 2. The van der Waals surface area contributed by atoms with Crippen LogP contribution in [-0.4, -0.2) is 66.4 Å². The van der Waals surface area contributed by atoms with Crippen LogP contribution < -0.4 is 15.4 Å². The van der Waals surface area contributed by atoms with Gasteiger partial charge in [-0.3, -0.25) is 24.7 Å². The van der Waals surface area contributed by atoms with E-state index in [1.165, 1.54) is 9.80 Å². The molecule has 0 spiro atoms. The number of nitrogens with one attached hydrogen (secondary N) is 1. The molecule has 0 unspecified atom stereocenters. The largest absolute Gasteiger partial charge is 0.494 e. The normalized spacial score (nSPS) is 13.7. The first-order valence-electron chi connectivity index (χ1n) is 11.2. The van der Waals surface area contributed by atoms with Crippen LogP contribution in [0.5, 0.6) is 5.75 Å². The first kappa shape index (κ1) is 24.7. The van der Waals surface area contributed by atoms with Crippen molar-refractivity contribution in [3.05, 3.63) is 53.7 Å². The SMILES string of the molecule is CCOC(=O)CCc1cccnc1N1CCN(CCCOc2ccc(C(=N)N)cc2)C(=O)C1=O. The lowest BCUT2D eigenvalue weighted by molar-refractivity contribution is -0.146. The van der Waals surface area contributed by atoms with E-state index in [0.717, 1.165) is 0 Å². The van der Waals surface area contributed by atoms with E-state index >= 15 is 0 Å². The van der Waals surface area contributed by atoms with E-state index in [4.69, 9.17) is 20.6 Å². The Balaban J connectivity index is 1.51. The number of amidine groups is 1. The van der Waals surface area contributed by atoms with Crippen LogP contribution in [0.25, 0.3) is 0 Å². The van der Waals surface area contributed by atoms with Gasteiger partial charge in [0.15, 0.2) is 0 Å². The van der Waals surface area contributed by atoms with E-state index < -0.39 is 11.8 Å². The van der Waals surface area contributed by atoms with Crippen molar-refractivity contribution >= 4 is 29.4 Å². The maximum absolute atomic E-state index is 12.8. The number of aromatic nitrogens is 1. The molecule has 1 aliphatic rings. The maximum atomic E-state index is 12.8. The molecule has 180 valence electrons. The molecule has 10 nitrogen and oxygen atoms in total. The van der Waals surface area contributed by atoms with E-state index in [2.05, 4.69) is 4.98 Å². The molecule has 1 fully saturated rings. The maximum Gasteiger partial charge on any atom is 0.317 e. The van der Waals surface area contributed by atoms with Gasteiger partial charge < -0.3 is 20.1 Å². The monoisotopic (exact) mass is 467 g/mol. The number of nitrogen functional groups attached to an aromatic ring is 1. The molecule has 3 N–H and O–H groups in total. The highest BCUT2D eigenvalue weighted by Crippen LogP contribution is 2.22. The lowest BCUT2D eigenvalue weighted by Gasteiger charge is -2.34. The average molecular weight is 468 g/mol. The minimum Gasteiger partial charge on any atom is -0.494 e. The standard InChI is InChI=1S/C24H29N5O5/c1-2-33-20(30)11-8-18-5-3-12-27-22(18)29-15-14-28(23(31)24(29)32)13-4-16-34-19-9-6-17(7-10-19)21(25)26/h3,5-7,9-10,12H,2,4,8,11,13-16H2,1H3,(H3,25,26). The molecule has 0 bridgehead atoms. The molecule has 0 aliphatic carbocycles. The van der Waals surface area contributed by atoms with Crippen molar-refractivity contribution in [1.82, 2.24) is 9.88 Å². The lowest BCUT2D eigenvalue weighted by Crippen LogP contribution is -2.55. The first-order chi connectivity index (χ1) is 16.4. The summed E-state index contributed by atoms with van der Waals surface area (Å²) in [6, 6.07) is 10.4. The number of pyridine rings is 1. The Kier molecular flexibility index (Phi) is 8.55. The van der Waals surface area contributed by atoms with Gasteiger partial charge in [-0.05, 0) is 55.7 Å². The molecular formula is C24H29N5O5. The molecule has 1 saturated heterocycles. The van der Waals surface area contributed by atoms with Crippen LogP contribution in [-0.2, 0) is 25.5 Å². The molecule has 0 radical (unpaired) electrons. The minimum absolute atomic E-state index is 0.00862. The molecule has 2 aromatic rings. The number of rotatable bonds is 11. The van der Waals surface area contributed by atoms with Gasteiger partial charge in [-0.2, -0.15) is 0 Å². The molecule has 0 atom stereocenters. The molecule has 0 saturated carbocycles. The molecule has 34 heavy (non-hydrogen) atoms. The quantitative estimate of drug-likeness (QED) is 0.168. The van der Waals surface area contributed by atoms with Gasteiger partial charge in [-0.1, -0.05) is 6.07 Å². The third-order valence-corrected chi connectivity index (χ3v) is 5.34. The van der Waals surface area contributed by atoms with Crippen molar-refractivity contribution in [3.8, 4) is 5.75 Å². The average Bonchev–Trinajstić information content (AvgIpc) is 2.84. The summed E-state index contributed by atoms with van der Waals surface area (Å²) < 4.78 is 10.6. The van der Waals surface area contributed by atoms with Crippen molar-refractivity contribution in [3.63, 3.8) is 0 Å². The summed E-state index contributed by atoms with van der Waals surface area (Å²) in [5.74, 6) is -0.501. The van der Waals surface area contributed by atoms with Gasteiger partial charge in [0.05, 0.1) is 13.2 Å². The zero-order chi connectivity index (χ0) is 24.5. The Bertz CT molecular complexity index is 1040. The van der Waals surface area contributed by atoms with Gasteiger partial charge in [0, 0.05) is 37.8 Å². The molecule has 10 heteroatoms. The minimum atomic E-state index is -0.636. The fraction of sp³-hybridized carbons (Fsp3) is 0.375. The topological polar surface area (TPSA) is 139 Å². The third kappa shape index (κ3) is 6.31. The fourth-order valence-electron chi connectivity index (χ4n) is 3.60. The van der Waals surface area contributed by atoms with Crippen LogP contribution >= 0.6 is 0 Å². The number of nitrogens with two attached hydrogens (primary N) is 1. The Morgan fingerprint density at radius 3 is 2.62 bits per heavy atom. The molecule has 2 amide bonds. The second kappa shape index (κ2) is 11.8. The van der Waals surface area contributed by atoms with Crippen LogP contribution in [0.1, 0.15) is 30.9 Å². The molecule has 2 heterocycles. The number of esters is 1. The smallest absolute Gasteiger partial charge is 0.317 e. The van der Waals surface area contributed by atoms with Crippen molar-refractivity contribution in [2.75, 3.05) is 37.7 Å². The summed E-state index contributed by atoms with van der Waals surface area (Å²) in [4.78, 5) is 44.4. The number of carbonyl (C=O) groups excluding carboxylic acids is 3. The predicted molar refractivity (Wildman–Crippen MR) is 126 cm³/mol. The summed E-state index contributed by atoms with van der Waals surface area (Å²) in [5.41, 5.74) is 6.77. The Hall–Kier alpha value is -3.95. The molecular weight excluding hydrogens is 438 g/mol. The van der Waals surface area contributed by atoms with Crippen molar-refractivity contribution < 1.29 is 23.9 Å². The van der Waals surface area contributed by atoms with Crippen LogP contribution in [0.15, 0.2) is 42.6 Å². The summed E-state index contributed by atoms with van der Waals surface area (Å²) in [6.45, 7) is 3.52. The number of ether oxygens (including phenoxy) is 2. The molecule has 3 rings (SSSR count). The number of anilines is 1. The van der Waals surface area contributed by atoms with E-state index in [1.54, 1.807) is 49.5 Å². The summed E-state index contributed by atoms with van der Waals surface area (Å²) in [7, 11) is 0. The van der Waals surface area contributed by atoms with Gasteiger partial charge in [-0.15, -0.1) is 0 Å². The third-order valence-electron chi connectivity index (χ3n) is 5.34. The Labute approximate surface area is 198 Å². The lowest BCUT2D eigenvalue weighted by atomic mass is 10.1. The number of hydrogen-bond donors (Lipinski definition) is 2. The summed E-state index contributed by atoms with van der Waals surface area (Å²) in [6.07, 6.45) is 2.66. The zero-order valence-corrected chi connectivity index (χ0v) is 19.2. The fourth-order valence-corrected chi connectivity index (χ4v) is 3.60. The van der Waals surface area contributed by atoms with Gasteiger partial charge in [0.1, 0.15) is 17.4 Å². The van der Waals surface area contributed by atoms with Gasteiger partial charge in [0.2, 0.25) is 0 Å². The van der Waals surface area contributed by atoms with Crippen molar-refractivity contribution in [2.24, 2.45) is 5.73 Å². The van der Waals surface area contributed by atoms with Gasteiger partial charge >= 0.3 is 17.8 Å². The number of piperazine rings is 1. The number of carbonyl (C=O) groups is 3. The Morgan fingerprint density at radius 1 is 1.15 bits per heavy atom. The molecule has 1 aromatic heterocycles. The summed E-state index contributed by atoms with van der Waals surface area (Å²) >= 11 is 0. The molecule has 1 aliphatic heterocycles. The van der Waals surface area contributed by atoms with Crippen molar-refractivity contribution in [1.29, 1.82) is 5.41 Å². The number of benzene rings is 1. The van der Waals surface area contributed by atoms with E-state index in [1.807, 2.05) is 0 Å². The summed E-state index contributed by atoms with van der Waals surface area (Å²) in [5, 5.41) is 7.40. The predicted octanol–water partition coefficient (Wildman–Crippen LogP) is 1.51. The van der Waals surface area contributed by atoms with Crippen LogP contribution in [0.3, 0.4) is 0 Å². The van der Waals surface area contributed by atoms with Gasteiger partial charge in [0.25, 0.3) is 0 Å². The Morgan fingerprint density at radius 2 is 1.91 bits per heavy atom. The highest BCUT2D eigenvalue weighted by Gasteiger charge is 2.34.